The first kappa shape index (κ1) is 30.5. The molecule has 0 saturated carbocycles. The predicted molar refractivity (Wildman–Crippen MR) is 165 cm³/mol. The molecule has 4 bridgehead atoms. The van der Waals surface area contributed by atoms with Gasteiger partial charge in [-0.2, -0.15) is 5.10 Å². The average Bonchev–Trinajstić information content (AvgIpc) is 3.71. The van der Waals surface area contributed by atoms with Crippen molar-refractivity contribution in [3.05, 3.63) is 76.1 Å². The molecular weight excluding hydrogens is 600 g/mol. The Bertz CT molecular complexity index is 1690. The fraction of sp³-hybridized carbons (Fsp3) is 0.375. The highest BCUT2D eigenvalue weighted by molar-refractivity contribution is 6.30. The summed E-state index contributed by atoms with van der Waals surface area (Å²) in [6.07, 6.45) is 0.446. The second-order valence-electron chi connectivity index (χ2n) is 11.3. The van der Waals surface area contributed by atoms with E-state index in [1.165, 1.54) is 0 Å². The molecule has 5 aliphatic rings. The Morgan fingerprint density at radius 3 is 2.60 bits per heavy atom. The van der Waals surface area contributed by atoms with Gasteiger partial charge in [0, 0.05) is 51.3 Å². The molecule has 13 heteroatoms. The lowest BCUT2D eigenvalue weighted by atomic mass is 10.1. The van der Waals surface area contributed by atoms with E-state index < -0.39 is 0 Å². The Morgan fingerprint density at radius 2 is 1.84 bits per heavy atom. The zero-order valence-electron chi connectivity index (χ0n) is 25.3. The van der Waals surface area contributed by atoms with Gasteiger partial charge in [-0.25, -0.2) is 0 Å². The maximum Gasteiger partial charge on any atom is 0.258 e. The number of ether oxygens (including phenoxy) is 3. The Hall–Kier alpha value is -4.55. The number of hydrogen-bond acceptors (Lipinski definition) is 9. The molecule has 1 fully saturated rings. The minimum atomic E-state index is -0.324. The van der Waals surface area contributed by atoms with Gasteiger partial charge >= 0.3 is 0 Å². The maximum absolute atomic E-state index is 13.2. The van der Waals surface area contributed by atoms with Crippen LogP contribution in [0.1, 0.15) is 28.9 Å². The van der Waals surface area contributed by atoms with Gasteiger partial charge in [0.1, 0.15) is 34.2 Å². The number of carbonyl (C=O) groups excluding carboxylic acids is 2. The molecule has 2 aromatic carbocycles. The van der Waals surface area contributed by atoms with E-state index in [0.717, 1.165) is 16.7 Å². The van der Waals surface area contributed by atoms with Crippen molar-refractivity contribution in [3.63, 3.8) is 0 Å². The SMILES string of the molecule is COc1cc2ccc1OCC(=O)NCc1ccc(cc1)O[C@H]1CN(Cc3c(-c4cc(C)on4)nn(C)c3Cl)C[C@@H]1NC(=O)CC2. The van der Waals surface area contributed by atoms with Crippen LogP contribution in [0.2, 0.25) is 5.15 Å². The number of benzene rings is 2. The fourth-order valence-electron chi connectivity index (χ4n) is 5.61. The van der Waals surface area contributed by atoms with Gasteiger partial charge in [0.15, 0.2) is 18.1 Å². The largest absolute Gasteiger partial charge is 0.493 e. The summed E-state index contributed by atoms with van der Waals surface area (Å²) >= 11 is 6.70. The topological polar surface area (TPSA) is 133 Å². The molecule has 0 aliphatic carbocycles. The van der Waals surface area contributed by atoms with Crippen LogP contribution in [0.25, 0.3) is 11.4 Å². The highest BCUT2D eigenvalue weighted by atomic mass is 35.5. The lowest BCUT2D eigenvalue weighted by Crippen LogP contribution is -2.45. The van der Waals surface area contributed by atoms with Gasteiger partial charge in [0.25, 0.3) is 5.91 Å². The van der Waals surface area contributed by atoms with Crippen LogP contribution >= 0.6 is 11.6 Å². The molecule has 12 nitrogen and oxygen atoms in total. The number of rotatable bonds is 4. The zero-order chi connectivity index (χ0) is 31.5. The Kier molecular flexibility index (Phi) is 8.95. The summed E-state index contributed by atoms with van der Waals surface area (Å²) < 4.78 is 24.6. The van der Waals surface area contributed by atoms with Crippen molar-refractivity contribution in [2.75, 3.05) is 26.8 Å². The molecule has 0 spiro atoms. The third-order valence-electron chi connectivity index (χ3n) is 7.94. The number of aryl methyl sites for hydroxylation is 3. The summed E-state index contributed by atoms with van der Waals surface area (Å²) in [5.41, 5.74) is 3.91. The number of hydrogen-bond donors (Lipinski definition) is 2. The van der Waals surface area contributed by atoms with E-state index in [2.05, 4.69) is 25.8 Å². The van der Waals surface area contributed by atoms with Gasteiger partial charge in [-0.3, -0.25) is 19.2 Å². The number of amides is 2. The van der Waals surface area contributed by atoms with E-state index >= 15 is 0 Å². The number of nitrogens with zero attached hydrogens (tertiary/aromatic N) is 4. The minimum absolute atomic E-state index is 0.0886. The monoisotopic (exact) mass is 634 g/mol. The van der Waals surface area contributed by atoms with Crippen LogP contribution in [0.5, 0.6) is 17.2 Å². The average molecular weight is 635 g/mol. The molecule has 1 saturated heterocycles. The van der Waals surface area contributed by atoms with Crippen LogP contribution in [0.3, 0.4) is 0 Å². The molecule has 45 heavy (non-hydrogen) atoms. The van der Waals surface area contributed by atoms with E-state index in [-0.39, 0.29) is 37.0 Å². The van der Waals surface area contributed by atoms with Gasteiger partial charge < -0.3 is 29.4 Å². The van der Waals surface area contributed by atoms with Crippen molar-refractivity contribution in [2.24, 2.45) is 7.05 Å². The molecule has 2 N–H and O–H groups in total. The number of methoxy groups -OCH3 is 1. The van der Waals surface area contributed by atoms with E-state index in [4.69, 9.17) is 30.3 Å². The third-order valence-corrected chi connectivity index (χ3v) is 8.41. The molecule has 5 aliphatic heterocycles. The summed E-state index contributed by atoms with van der Waals surface area (Å²) in [4.78, 5) is 27.9. The first-order valence-corrected chi connectivity index (χ1v) is 15.1. The van der Waals surface area contributed by atoms with E-state index in [9.17, 15) is 9.59 Å². The first-order chi connectivity index (χ1) is 21.7. The molecule has 0 unspecified atom stereocenters. The molecule has 4 aromatic rings. The van der Waals surface area contributed by atoms with Gasteiger partial charge in [-0.05, 0) is 48.7 Å². The Labute approximate surface area is 265 Å². The smallest absolute Gasteiger partial charge is 0.258 e. The van der Waals surface area contributed by atoms with Crippen molar-refractivity contribution < 1.29 is 28.3 Å². The molecule has 9 rings (SSSR count). The molecule has 236 valence electrons. The van der Waals surface area contributed by atoms with Gasteiger partial charge in [-0.15, -0.1) is 0 Å². The van der Waals surface area contributed by atoms with Gasteiger partial charge in [-0.1, -0.05) is 35.0 Å². The number of halogens is 1. The molecule has 2 atom stereocenters. The van der Waals surface area contributed by atoms with Crippen molar-refractivity contribution in [3.8, 4) is 28.6 Å². The van der Waals surface area contributed by atoms with E-state index in [0.29, 0.717) is 72.1 Å². The van der Waals surface area contributed by atoms with Crippen LogP contribution in [0.15, 0.2) is 53.1 Å². The van der Waals surface area contributed by atoms with Crippen LogP contribution in [-0.4, -0.2) is 70.6 Å². The van der Waals surface area contributed by atoms with Crippen molar-refractivity contribution in [1.29, 1.82) is 0 Å². The molecule has 2 aromatic heterocycles. The highest BCUT2D eigenvalue weighted by Gasteiger charge is 2.37. The molecule has 7 heterocycles. The zero-order valence-corrected chi connectivity index (χ0v) is 26.1. The summed E-state index contributed by atoms with van der Waals surface area (Å²) in [5.74, 6) is 1.96. The van der Waals surface area contributed by atoms with E-state index in [1.807, 2.05) is 49.4 Å². The van der Waals surface area contributed by atoms with Crippen LogP contribution in [0.4, 0.5) is 0 Å². The van der Waals surface area contributed by atoms with Crippen molar-refractivity contribution >= 4 is 23.4 Å². The Morgan fingerprint density at radius 1 is 1.04 bits per heavy atom. The van der Waals surface area contributed by atoms with Crippen molar-refractivity contribution in [1.82, 2.24) is 30.5 Å². The maximum atomic E-state index is 13.2. The van der Waals surface area contributed by atoms with Crippen molar-refractivity contribution in [2.45, 2.75) is 45.0 Å². The van der Waals surface area contributed by atoms with Gasteiger partial charge in [0.2, 0.25) is 5.91 Å². The molecule has 0 radical (unpaired) electrons. The lowest BCUT2D eigenvalue weighted by molar-refractivity contribution is -0.123. The van der Waals surface area contributed by atoms with Crippen LogP contribution in [-0.2, 0) is 36.1 Å². The second-order valence-corrected chi connectivity index (χ2v) is 11.6. The van der Waals surface area contributed by atoms with E-state index in [1.54, 1.807) is 24.9 Å². The number of likely N-dealkylation sites (tertiary alicyclic amines) is 1. The number of nitrogens with one attached hydrogen (secondary N) is 2. The summed E-state index contributed by atoms with van der Waals surface area (Å²) in [6.45, 7) is 3.59. The quantitative estimate of drug-likeness (QED) is 0.346. The predicted octanol–water partition coefficient (Wildman–Crippen LogP) is 3.43. The summed E-state index contributed by atoms with van der Waals surface area (Å²) in [6, 6.07) is 14.5. The summed E-state index contributed by atoms with van der Waals surface area (Å²) in [7, 11) is 3.33. The fourth-order valence-corrected chi connectivity index (χ4v) is 5.80. The summed E-state index contributed by atoms with van der Waals surface area (Å²) in [5, 5.41) is 15.3. The number of carbonyl (C=O) groups is 2. The third kappa shape index (κ3) is 7.07. The standard InChI is InChI=1S/C32H35ClN6O6/c1-19-12-24(37-45-19)31-23(32(33)38(2)36-31)15-39-16-25-28(17-39)44-22-8-4-21(5-9-22)14-34-30(41)18-43-26-10-6-20(13-27(26)42-3)7-11-29(40)35-25/h4-6,8-10,12-13,25,28H,7,11,14-18H2,1-3H3,(H,34,41)(H,35,40)/t25-,28-/m0/s1. The molecular formula is C32H35ClN6O6. The second kappa shape index (κ2) is 13.2. The van der Waals surface area contributed by atoms with Crippen LogP contribution in [0, 0.1) is 6.92 Å². The number of aromatic nitrogens is 3. The van der Waals surface area contributed by atoms with Crippen LogP contribution < -0.4 is 24.8 Å². The first-order valence-electron chi connectivity index (χ1n) is 14.7. The Balaban J connectivity index is 1.24. The normalized spacial score (nSPS) is 19.4. The minimum Gasteiger partial charge on any atom is -0.493 e. The molecule has 2 amide bonds. The highest BCUT2D eigenvalue weighted by Crippen LogP contribution is 2.32. The van der Waals surface area contributed by atoms with Gasteiger partial charge in [0.05, 0.1) is 13.2 Å². The lowest BCUT2D eigenvalue weighted by Gasteiger charge is -2.22.